The highest BCUT2D eigenvalue weighted by Gasteiger charge is 2.24. The van der Waals surface area contributed by atoms with Crippen molar-refractivity contribution >= 4 is 5.84 Å². The second-order valence-electron chi connectivity index (χ2n) is 6.22. The lowest BCUT2D eigenvalue weighted by Gasteiger charge is -2.23. The average Bonchev–Trinajstić information content (AvgIpc) is 2.86. The molecule has 4 N–H and O–H groups in total. The Kier molecular flexibility index (Phi) is 4.65. The minimum atomic E-state index is -0.246. The number of benzene rings is 1. The number of aryl methyl sites for hydroxylation is 1. The van der Waals surface area contributed by atoms with Crippen LogP contribution in [0.5, 0.6) is 0 Å². The average molecular weight is 275 g/mol. The molecule has 1 aromatic carbocycles. The summed E-state index contributed by atoms with van der Waals surface area (Å²) in [4.78, 5) is 0. The SMILES string of the molecule is CC(C)(CCCNC1CCc2ccccc21)C(N)=NO. The van der Waals surface area contributed by atoms with Crippen molar-refractivity contribution in [2.24, 2.45) is 16.3 Å². The summed E-state index contributed by atoms with van der Waals surface area (Å²) in [5.41, 5.74) is 8.37. The number of nitrogens with zero attached hydrogens (tertiary/aromatic N) is 1. The van der Waals surface area contributed by atoms with E-state index < -0.39 is 0 Å². The number of amidine groups is 1. The summed E-state index contributed by atoms with van der Waals surface area (Å²) < 4.78 is 0. The Hall–Kier alpha value is -1.55. The van der Waals surface area contributed by atoms with Crippen LogP contribution in [0.1, 0.15) is 50.3 Å². The van der Waals surface area contributed by atoms with Gasteiger partial charge in [0.25, 0.3) is 0 Å². The van der Waals surface area contributed by atoms with E-state index in [0.29, 0.717) is 11.9 Å². The summed E-state index contributed by atoms with van der Waals surface area (Å²) in [7, 11) is 0. The van der Waals surface area contributed by atoms with Crippen LogP contribution >= 0.6 is 0 Å². The van der Waals surface area contributed by atoms with Gasteiger partial charge in [0.15, 0.2) is 0 Å². The lowest BCUT2D eigenvalue weighted by molar-refractivity contribution is 0.304. The molecule has 0 fully saturated rings. The highest BCUT2D eigenvalue weighted by atomic mass is 16.4. The van der Waals surface area contributed by atoms with Crippen LogP contribution in [-0.4, -0.2) is 17.6 Å². The van der Waals surface area contributed by atoms with Crippen LogP contribution in [0.3, 0.4) is 0 Å². The standard InChI is InChI=1S/C16H25N3O/c1-16(2,15(17)19-20)10-5-11-18-14-9-8-12-6-3-4-7-13(12)14/h3-4,6-7,14,18,20H,5,8-11H2,1-2H3,(H2,17,19). The maximum absolute atomic E-state index is 8.76. The Bertz CT molecular complexity index is 482. The first kappa shape index (κ1) is 14.9. The molecule has 20 heavy (non-hydrogen) atoms. The van der Waals surface area contributed by atoms with Gasteiger partial charge in [-0.1, -0.05) is 43.3 Å². The van der Waals surface area contributed by atoms with Crippen LogP contribution in [0, 0.1) is 5.41 Å². The molecule has 0 saturated heterocycles. The molecule has 4 heteroatoms. The van der Waals surface area contributed by atoms with Gasteiger partial charge >= 0.3 is 0 Å². The van der Waals surface area contributed by atoms with Crippen molar-refractivity contribution in [2.45, 2.75) is 45.6 Å². The number of hydrogen-bond donors (Lipinski definition) is 3. The zero-order valence-corrected chi connectivity index (χ0v) is 12.4. The van der Waals surface area contributed by atoms with Gasteiger partial charge < -0.3 is 16.3 Å². The van der Waals surface area contributed by atoms with Crippen molar-refractivity contribution in [1.29, 1.82) is 0 Å². The minimum Gasteiger partial charge on any atom is -0.409 e. The largest absolute Gasteiger partial charge is 0.409 e. The number of rotatable bonds is 6. The van der Waals surface area contributed by atoms with E-state index in [4.69, 9.17) is 10.9 Å². The summed E-state index contributed by atoms with van der Waals surface area (Å²) in [5, 5.41) is 15.5. The summed E-state index contributed by atoms with van der Waals surface area (Å²) >= 11 is 0. The molecule has 0 aliphatic heterocycles. The van der Waals surface area contributed by atoms with E-state index in [1.807, 2.05) is 13.8 Å². The topological polar surface area (TPSA) is 70.6 Å². The third-order valence-corrected chi connectivity index (χ3v) is 4.30. The van der Waals surface area contributed by atoms with E-state index >= 15 is 0 Å². The van der Waals surface area contributed by atoms with Crippen molar-refractivity contribution < 1.29 is 5.21 Å². The zero-order chi connectivity index (χ0) is 14.6. The molecular weight excluding hydrogens is 250 g/mol. The van der Waals surface area contributed by atoms with E-state index in [1.165, 1.54) is 24.0 Å². The van der Waals surface area contributed by atoms with Gasteiger partial charge in [-0.2, -0.15) is 0 Å². The Labute approximate surface area is 121 Å². The first-order chi connectivity index (χ1) is 9.54. The van der Waals surface area contributed by atoms with Crippen molar-refractivity contribution in [3.8, 4) is 0 Å². The van der Waals surface area contributed by atoms with E-state index in [1.54, 1.807) is 0 Å². The van der Waals surface area contributed by atoms with E-state index in [9.17, 15) is 0 Å². The molecule has 1 aliphatic rings. The molecule has 0 bridgehead atoms. The second-order valence-corrected chi connectivity index (χ2v) is 6.22. The van der Waals surface area contributed by atoms with Gasteiger partial charge in [0.05, 0.1) is 0 Å². The van der Waals surface area contributed by atoms with Gasteiger partial charge in [-0.3, -0.25) is 0 Å². The fourth-order valence-electron chi connectivity index (χ4n) is 2.84. The van der Waals surface area contributed by atoms with E-state index in [-0.39, 0.29) is 5.41 Å². The molecule has 0 amide bonds. The Morgan fingerprint density at radius 2 is 2.20 bits per heavy atom. The first-order valence-corrected chi connectivity index (χ1v) is 7.34. The van der Waals surface area contributed by atoms with Crippen molar-refractivity contribution in [1.82, 2.24) is 5.32 Å². The lowest BCUT2D eigenvalue weighted by Crippen LogP contribution is -2.33. The fraction of sp³-hybridized carbons (Fsp3) is 0.562. The molecular formula is C16H25N3O. The summed E-state index contributed by atoms with van der Waals surface area (Å²) in [5.74, 6) is 0.309. The van der Waals surface area contributed by atoms with Crippen LogP contribution in [-0.2, 0) is 6.42 Å². The molecule has 0 aromatic heterocycles. The quantitative estimate of drug-likeness (QED) is 0.246. The number of oxime groups is 1. The summed E-state index contributed by atoms with van der Waals surface area (Å²) in [6.07, 6.45) is 4.28. The maximum Gasteiger partial charge on any atom is 0.144 e. The number of nitrogens with two attached hydrogens (primary N) is 1. The summed E-state index contributed by atoms with van der Waals surface area (Å²) in [6.45, 7) is 4.97. The second kappa shape index (κ2) is 6.27. The van der Waals surface area contributed by atoms with Crippen molar-refractivity contribution in [3.05, 3.63) is 35.4 Å². The molecule has 0 saturated carbocycles. The van der Waals surface area contributed by atoms with Gasteiger partial charge in [-0.15, -0.1) is 0 Å². The molecule has 2 rings (SSSR count). The van der Waals surface area contributed by atoms with Crippen LogP contribution in [0.4, 0.5) is 0 Å². The number of nitrogens with one attached hydrogen (secondary N) is 1. The molecule has 1 aliphatic carbocycles. The van der Waals surface area contributed by atoms with E-state index in [0.717, 1.165) is 19.4 Å². The minimum absolute atomic E-state index is 0.246. The molecule has 4 nitrogen and oxygen atoms in total. The number of fused-ring (bicyclic) bond motifs is 1. The Morgan fingerprint density at radius 1 is 1.45 bits per heavy atom. The van der Waals surface area contributed by atoms with Crippen LogP contribution in [0.25, 0.3) is 0 Å². The Morgan fingerprint density at radius 3 is 2.95 bits per heavy atom. The Balaban J connectivity index is 1.78. The summed E-state index contributed by atoms with van der Waals surface area (Å²) in [6, 6.07) is 9.15. The number of hydrogen-bond acceptors (Lipinski definition) is 3. The monoisotopic (exact) mass is 275 g/mol. The normalized spacial score (nSPS) is 19.1. The lowest BCUT2D eigenvalue weighted by atomic mass is 9.86. The van der Waals surface area contributed by atoms with Gasteiger partial charge in [-0.25, -0.2) is 0 Å². The van der Waals surface area contributed by atoms with Crippen molar-refractivity contribution in [3.63, 3.8) is 0 Å². The molecule has 0 radical (unpaired) electrons. The maximum atomic E-state index is 8.76. The van der Waals surface area contributed by atoms with Crippen LogP contribution in [0.2, 0.25) is 0 Å². The molecule has 110 valence electrons. The predicted octanol–water partition coefficient (Wildman–Crippen LogP) is 2.82. The third kappa shape index (κ3) is 3.31. The van der Waals surface area contributed by atoms with Crippen LogP contribution < -0.4 is 11.1 Å². The van der Waals surface area contributed by atoms with Gasteiger partial charge in [0.2, 0.25) is 0 Å². The molecule has 1 atom stereocenters. The first-order valence-electron chi connectivity index (χ1n) is 7.34. The molecule has 1 unspecified atom stereocenters. The highest BCUT2D eigenvalue weighted by Crippen LogP contribution is 2.30. The predicted molar refractivity (Wildman–Crippen MR) is 81.9 cm³/mol. The van der Waals surface area contributed by atoms with Crippen molar-refractivity contribution in [2.75, 3.05) is 6.54 Å². The van der Waals surface area contributed by atoms with Gasteiger partial charge in [0, 0.05) is 11.5 Å². The molecule has 0 heterocycles. The fourth-order valence-corrected chi connectivity index (χ4v) is 2.84. The highest BCUT2D eigenvalue weighted by molar-refractivity contribution is 5.85. The van der Waals surface area contributed by atoms with Gasteiger partial charge in [0.1, 0.15) is 5.84 Å². The smallest absolute Gasteiger partial charge is 0.144 e. The zero-order valence-electron chi connectivity index (χ0n) is 12.4. The molecule has 1 aromatic rings. The van der Waals surface area contributed by atoms with Gasteiger partial charge in [-0.05, 0) is 43.4 Å². The van der Waals surface area contributed by atoms with Crippen LogP contribution in [0.15, 0.2) is 29.4 Å². The van der Waals surface area contributed by atoms with E-state index in [2.05, 4.69) is 34.7 Å². The molecule has 0 spiro atoms. The third-order valence-electron chi connectivity index (χ3n) is 4.30.